The maximum Gasteiger partial charge on any atom is 0.257 e. The van der Waals surface area contributed by atoms with Crippen LogP contribution in [0.1, 0.15) is 48.9 Å². The molecule has 1 saturated carbocycles. The summed E-state index contributed by atoms with van der Waals surface area (Å²) in [6.07, 6.45) is 6.35. The lowest BCUT2D eigenvalue weighted by Crippen LogP contribution is -2.44. The molecular formula is C31H42N6O3. The van der Waals surface area contributed by atoms with Crippen LogP contribution in [0.3, 0.4) is 0 Å². The summed E-state index contributed by atoms with van der Waals surface area (Å²) in [7, 11) is 5.63. The van der Waals surface area contributed by atoms with Gasteiger partial charge >= 0.3 is 0 Å². The molecule has 0 atom stereocenters. The van der Waals surface area contributed by atoms with Crippen LogP contribution in [0.2, 0.25) is 0 Å². The van der Waals surface area contributed by atoms with Gasteiger partial charge in [-0.3, -0.25) is 14.9 Å². The van der Waals surface area contributed by atoms with E-state index in [0.717, 1.165) is 88.1 Å². The molecule has 9 nitrogen and oxygen atoms in total. The molecule has 2 amide bonds. The highest BCUT2D eigenvalue weighted by molar-refractivity contribution is 6.04. The van der Waals surface area contributed by atoms with Crippen molar-refractivity contribution in [3.05, 3.63) is 48.0 Å². The van der Waals surface area contributed by atoms with Gasteiger partial charge in [-0.2, -0.15) is 0 Å². The number of carbonyl (C=O) groups excluding carboxylic acids is 2. The van der Waals surface area contributed by atoms with Crippen LogP contribution in [0.5, 0.6) is 5.75 Å². The number of imidazole rings is 1. The number of aryl methyl sites for hydroxylation is 1. The van der Waals surface area contributed by atoms with Crippen molar-refractivity contribution in [3.8, 4) is 5.75 Å². The fourth-order valence-electron chi connectivity index (χ4n) is 5.84. The van der Waals surface area contributed by atoms with Gasteiger partial charge in [0.2, 0.25) is 11.9 Å². The topological polar surface area (TPSA) is 82.9 Å². The van der Waals surface area contributed by atoms with Gasteiger partial charge in [-0.15, -0.1) is 0 Å². The summed E-state index contributed by atoms with van der Waals surface area (Å²) < 4.78 is 7.33. The zero-order valence-electron chi connectivity index (χ0n) is 24.1. The Morgan fingerprint density at radius 3 is 2.42 bits per heavy atom. The lowest BCUT2D eigenvalue weighted by atomic mass is 9.88. The van der Waals surface area contributed by atoms with Gasteiger partial charge < -0.3 is 24.0 Å². The average Bonchev–Trinajstić information content (AvgIpc) is 3.33. The van der Waals surface area contributed by atoms with Crippen molar-refractivity contribution >= 4 is 34.5 Å². The Morgan fingerprint density at radius 1 is 1.00 bits per heavy atom. The molecule has 0 radical (unpaired) electrons. The summed E-state index contributed by atoms with van der Waals surface area (Å²) in [5, 5.41) is 3.04. The lowest BCUT2D eigenvalue weighted by Gasteiger charge is -2.32. The molecule has 0 bridgehead atoms. The Bertz CT molecular complexity index is 1310. The first kappa shape index (κ1) is 28.1. The molecule has 1 aromatic heterocycles. The first-order chi connectivity index (χ1) is 19.4. The predicted octanol–water partition coefficient (Wildman–Crippen LogP) is 4.48. The monoisotopic (exact) mass is 546 g/mol. The van der Waals surface area contributed by atoms with Crippen LogP contribution < -0.4 is 15.0 Å². The SMILES string of the molecule is COc1ccc(C(=O)Nc2nc3cc(N(C)C(=O)C4CCCCC4)ccc3n2CCCN2CCN(C)CC2)cc1. The maximum absolute atomic E-state index is 13.2. The van der Waals surface area contributed by atoms with Crippen LogP contribution in [0.15, 0.2) is 42.5 Å². The van der Waals surface area contributed by atoms with Crippen molar-refractivity contribution in [2.75, 3.05) is 64.1 Å². The lowest BCUT2D eigenvalue weighted by molar-refractivity contribution is -0.123. The number of likely N-dealkylation sites (N-methyl/N-ethyl adjacent to an activating group) is 1. The van der Waals surface area contributed by atoms with E-state index in [9.17, 15) is 9.59 Å². The number of carbonyl (C=O) groups is 2. The van der Waals surface area contributed by atoms with E-state index >= 15 is 0 Å². The van der Waals surface area contributed by atoms with Crippen LogP contribution in [0, 0.1) is 5.92 Å². The second kappa shape index (κ2) is 12.8. The molecule has 1 saturated heterocycles. The fraction of sp³-hybridized carbons (Fsp3) is 0.516. The Kier molecular flexibility index (Phi) is 9.01. The minimum atomic E-state index is -0.219. The number of fused-ring (bicyclic) bond motifs is 1. The fourth-order valence-corrected chi connectivity index (χ4v) is 5.84. The summed E-state index contributed by atoms with van der Waals surface area (Å²) in [6.45, 7) is 6.06. The van der Waals surface area contributed by atoms with E-state index in [1.54, 1.807) is 36.3 Å². The Balaban J connectivity index is 1.37. The van der Waals surface area contributed by atoms with Crippen LogP contribution in [-0.2, 0) is 11.3 Å². The molecule has 2 fully saturated rings. The number of benzene rings is 2. The van der Waals surface area contributed by atoms with E-state index in [0.29, 0.717) is 17.3 Å². The highest BCUT2D eigenvalue weighted by Gasteiger charge is 2.25. The second-order valence-corrected chi connectivity index (χ2v) is 11.2. The highest BCUT2D eigenvalue weighted by Crippen LogP contribution is 2.30. The number of rotatable bonds is 9. The molecule has 214 valence electrons. The van der Waals surface area contributed by atoms with Gasteiger partial charge in [-0.25, -0.2) is 4.98 Å². The van der Waals surface area contributed by atoms with Gasteiger partial charge in [0.1, 0.15) is 5.75 Å². The maximum atomic E-state index is 13.2. The molecule has 1 aliphatic heterocycles. The van der Waals surface area contributed by atoms with Gasteiger partial charge in [0.15, 0.2) is 0 Å². The zero-order chi connectivity index (χ0) is 28.1. The van der Waals surface area contributed by atoms with Crippen molar-refractivity contribution in [2.24, 2.45) is 5.92 Å². The summed E-state index contributed by atoms with van der Waals surface area (Å²) >= 11 is 0. The second-order valence-electron chi connectivity index (χ2n) is 11.2. The highest BCUT2D eigenvalue weighted by atomic mass is 16.5. The molecule has 5 rings (SSSR count). The van der Waals surface area contributed by atoms with Crippen molar-refractivity contribution in [2.45, 2.75) is 45.1 Å². The van der Waals surface area contributed by atoms with Gasteiger partial charge in [0, 0.05) is 56.9 Å². The minimum Gasteiger partial charge on any atom is -0.497 e. The summed E-state index contributed by atoms with van der Waals surface area (Å²) in [6, 6.07) is 13.0. The zero-order valence-corrected chi connectivity index (χ0v) is 24.1. The third-order valence-corrected chi connectivity index (χ3v) is 8.43. The number of aromatic nitrogens is 2. The number of methoxy groups -OCH3 is 1. The minimum absolute atomic E-state index is 0.0981. The van der Waals surface area contributed by atoms with Crippen LogP contribution >= 0.6 is 0 Å². The normalized spacial score (nSPS) is 17.2. The molecule has 0 unspecified atom stereocenters. The Labute approximate surface area is 237 Å². The molecule has 40 heavy (non-hydrogen) atoms. The van der Waals surface area contributed by atoms with Gasteiger partial charge in [0.25, 0.3) is 5.91 Å². The van der Waals surface area contributed by atoms with E-state index in [4.69, 9.17) is 9.72 Å². The number of nitrogens with zero attached hydrogens (tertiary/aromatic N) is 5. The number of amides is 2. The van der Waals surface area contributed by atoms with Crippen molar-refractivity contribution < 1.29 is 14.3 Å². The standard InChI is InChI=1S/C31H42N6O3/c1-34-18-20-36(21-19-34)16-7-17-37-28-15-12-25(35(2)30(39)24-8-5-4-6-9-24)22-27(28)32-31(37)33-29(38)23-10-13-26(40-3)14-11-23/h10-15,22,24H,4-9,16-21H2,1-3H3,(H,32,33,38). The summed E-state index contributed by atoms with van der Waals surface area (Å²) in [4.78, 5) is 37.8. The van der Waals surface area contributed by atoms with Gasteiger partial charge in [-0.05, 0) is 75.3 Å². The molecule has 0 spiro atoms. The largest absolute Gasteiger partial charge is 0.497 e. The summed E-state index contributed by atoms with van der Waals surface area (Å²) in [5.41, 5.74) is 3.09. The Morgan fingerprint density at radius 2 is 1.73 bits per heavy atom. The van der Waals surface area contributed by atoms with E-state index < -0.39 is 0 Å². The number of ether oxygens (including phenoxy) is 1. The molecule has 1 N–H and O–H groups in total. The number of nitrogens with one attached hydrogen (secondary N) is 1. The van der Waals surface area contributed by atoms with Gasteiger partial charge in [-0.1, -0.05) is 19.3 Å². The van der Waals surface area contributed by atoms with E-state index in [1.807, 2.05) is 25.2 Å². The molecular weight excluding hydrogens is 504 g/mol. The van der Waals surface area contributed by atoms with Crippen LogP contribution in [0.4, 0.5) is 11.6 Å². The van der Waals surface area contributed by atoms with Crippen LogP contribution in [0.25, 0.3) is 11.0 Å². The van der Waals surface area contributed by atoms with Crippen molar-refractivity contribution in [1.82, 2.24) is 19.4 Å². The first-order valence-corrected chi connectivity index (χ1v) is 14.6. The average molecular weight is 547 g/mol. The Hall–Kier alpha value is -3.43. The first-order valence-electron chi connectivity index (χ1n) is 14.6. The van der Waals surface area contributed by atoms with Crippen molar-refractivity contribution in [3.63, 3.8) is 0 Å². The smallest absolute Gasteiger partial charge is 0.257 e. The molecule has 2 aliphatic rings. The van der Waals surface area contributed by atoms with E-state index in [1.165, 1.54) is 6.42 Å². The molecule has 9 heteroatoms. The van der Waals surface area contributed by atoms with Crippen LogP contribution in [-0.4, -0.2) is 85.1 Å². The van der Waals surface area contributed by atoms with E-state index in [-0.39, 0.29) is 17.7 Å². The predicted molar refractivity (Wildman–Crippen MR) is 159 cm³/mol. The third-order valence-electron chi connectivity index (χ3n) is 8.43. The number of hydrogen-bond acceptors (Lipinski definition) is 6. The summed E-state index contributed by atoms with van der Waals surface area (Å²) in [5.74, 6) is 1.28. The van der Waals surface area contributed by atoms with E-state index in [2.05, 4.69) is 26.7 Å². The number of anilines is 2. The number of hydrogen-bond donors (Lipinski definition) is 1. The molecule has 2 aromatic carbocycles. The molecule has 1 aliphatic carbocycles. The quantitative estimate of drug-likeness (QED) is 0.426. The third kappa shape index (κ3) is 6.47. The van der Waals surface area contributed by atoms with Gasteiger partial charge in [0.05, 0.1) is 18.1 Å². The van der Waals surface area contributed by atoms with Crippen molar-refractivity contribution in [1.29, 1.82) is 0 Å². The molecule has 3 aromatic rings. The molecule has 2 heterocycles. The number of piperazine rings is 1.